The monoisotopic (exact) mass is 654 g/mol. The van der Waals surface area contributed by atoms with E-state index >= 15 is 0 Å². The van der Waals surface area contributed by atoms with E-state index in [0.29, 0.717) is 19.6 Å². The van der Waals surface area contributed by atoms with Crippen molar-refractivity contribution in [2.45, 2.75) is 195 Å². The van der Waals surface area contributed by atoms with E-state index < -0.39 is 5.41 Å². The summed E-state index contributed by atoms with van der Waals surface area (Å²) >= 11 is 0. The fraction of sp³-hybridized carbons (Fsp3) is 0.950. The van der Waals surface area contributed by atoms with Crippen molar-refractivity contribution >= 4 is 11.9 Å². The maximum Gasteiger partial charge on any atom is 0.311 e. The predicted octanol–water partition coefficient (Wildman–Crippen LogP) is 10.8. The van der Waals surface area contributed by atoms with Gasteiger partial charge in [-0.25, -0.2) is 0 Å². The molecule has 0 heterocycles. The normalized spacial score (nSPS) is 11.9. The second kappa shape index (κ2) is 32.4. The lowest BCUT2D eigenvalue weighted by Crippen LogP contribution is -2.29. The zero-order valence-corrected chi connectivity index (χ0v) is 31.5. The average molecular weight is 654 g/mol. The highest BCUT2D eigenvalue weighted by Gasteiger charge is 2.28. The van der Waals surface area contributed by atoms with Gasteiger partial charge in [-0.3, -0.25) is 9.59 Å². The van der Waals surface area contributed by atoms with Gasteiger partial charge in [-0.15, -0.1) is 0 Å². The van der Waals surface area contributed by atoms with Crippen molar-refractivity contribution in [3.63, 3.8) is 0 Å². The number of unbranched alkanes of at least 4 members (excludes halogenated alkanes) is 16. The Bertz CT molecular complexity index is 679. The highest BCUT2D eigenvalue weighted by Crippen LogP contribution is 2.26. The maximum atomic E-state index is 12.6. The molecule has 0 spiro atoms. The minimum atomic E-state index is -0.411. The van der Waals surface area contributed by atoms with E-state index in [1.54, 1.807) is 0 Å². The first kappa shape index (κ1) is 44.9. The Hall–Kier alpha value is -1.14. The molecule has 0 saturated heterocycles. The second-order valence-corrected chi connectivity index (χ2v) is 14.5. The van der Waals surface area contributed by atoms with Gasteiger partial charge in [-0.05, 0) is 71.4 Å². The van der Waals surface area contributed by atoms with Gasteiger partial charge < -0.3 is 19.5 Å². The lowest BCUT2D eigenvalue weighted by Gasteiger charge is -2.23. The average Bonchev–Trinajstić information content (AvgIpc) is 3.04. The van der Waals surface area contributed by atoms with Crippen LogP contribution in [0, 0.1) is 11.3 Å². The van der Waals surface area contributed by atoms with Crippen LogP contribution in [0.4, 0.5) is 0 Å². The van der Waals surface area contributed by atoms with Gasteiger partial charge in [0.25, 0.3) is 0 Å². The quantitative estimate of drug-likeness (QED) is 0.0542. The number of hydrogen-bond donors (Lipinski definition) is 1. The number of aliphatic hydroxyl groups is 1. The number of aliphatic hydroxyl groups excluding tert-OH is 1. The molecule has 0 atom stereocenters. The lowest BCUT2D eigenvalue weighted by atomic mass is 9.87. The maximum absolute atomic E-state index is 12.6. The molecule has 0 radical (unpaired) electrons. The number of hydrogen-bond acceptors (Lipinski definition) is 6. The molecule has 0 unspecified atom stereocenters. The topological polar surface area (TPSA) is 76.1 Å². The summed E-state index contributed by atoms with van der Waals surface area (Å²) in [5.41, 5.74) is -0.411. The molecule has 0 aliphatic rings. The van der Waals surface area contributed by atoms with E-state index in [9.17, 15) is 14.7 Å². The second-order valence-electron chi connectivity index (χ2n) is 14.5. The molecule has 0 aromatic heterocycles. The Kier molecular flexibility index (Phi) is 31.6. The molecule has 0 fully saturated rings. The van der Waals surface area contributed by atoms with Crippen molar-refractivity contribution in [2.24, 2.45) is 11.3 Å². The number of esters is 2. The fourth-order valence-electron chi connectivity index (χ4n) is 6.23. The third kappa shape index (κ3) is 27.9. The first-order valence-electron chi connectivity index (χ1n) is 20.0. The minimum Gasteiger partial charge on any atom is -0.466 e. The van der Waals surface area contributed by atoms with Gasteiger partial charge in [0, 0.05) is 13.0 Å². The van der Waals surface area contributed by atoms with E-state index in [4.69, 9.17) is 9.47 Å². The third-order valence-corrected chi connectivity index (χ3v) is 9.76. The summed E-state index contributed by atoms with van der Waals surface area (Å²) in [6, 6.07) is 0. The van der Waals surface area contributed by atoms with Crippen LogP contribution < -0.4 is 0 Å². The van der Waals surface area contributed by atoms with Crippen LogP contribution >= 0.6 is 0 Å². The largest absolute Gasteiger partial charge is 0.466 e. The zero-order valence-electron chi connectivity index (χ0n) is 31.5. The van der Waals surface area contributed by atoms with Crippen LogP contribution in [0.2, 0.25) is 0 Å². The molecule has 6 nitrogen and oxygen atoms in total. The molecule has 46 heavy (non-hydrogen) atoms. The van der Waals surface area contributed by atoms with Gasteiger partial charge in [-0.2, -0.15) is 0 Å². The Labute approximate surface area is 286 Å². The van der Waals surface area contributed by atoms with Crippen LogP contribution in [0.5, 0.6) is 0 Å². The molecule has 0 amide bonds. The van der Waals surface area contributed by atoms with Crippen molar-refractivity contribution in [3.8, 4) is 0 Å². The first-order chi connectivity index (χ1) is 22.3. The van der Waals surface area contributed by atoms with Gasteiger partial charge in [0.15, 0.2) is 0 Å². The first-order valence-corrected chi connectivity index (χ1v) is 20.0. The third-order valence-electron chi connectivity index (χ3n) is 9.76. The summed E-state index contributed by atoms with van der Waals surface area (Å²) in [4.78, 5) is 27.0. The van der Waals surface area contributed by atoms with Gasteiger partial charge in [0.1, 0.15) is 0 Å². The van der Waals surface area contributed by atoms with E-state index in [2.05, 4.69) is 25.7 Å². The molecule has 0 saturated carbocycles. The number of carbonyl (C=O) groups excluding carboxylic acids is 2. The van der Waals surface area contributed by atoms with Crippen molar-refractivity contribution < 1.29 is 24.2 Å². The number of carbonyl (C=O) groups is 2. The summed E-state index contributed by atoms with van der Waals surface area (Å²) in [7, 11) is 0. The minimum absolute atomic E-state index is 0.0348. The van der Waals surface area contributed by atoms with Crippen molar-refractivity contribution in [1.82, 2.24) is 4.90 Å². The van der Waals surface area contributed by atoms with E-state index in [1.165, 1.54) is 77.0 Å². The van der Waals surface area contributed by atoms with Crippen molar-refractivity contribution in [2.75, 3.05) is 39.5 Å². The Balaban J connectivity index is 3.79. The summed E-state index contributed by atoms with van der Waals surface area (Å²) in [5, 5.41) is 9.50. The van der Waals surface area contributed by atoms with Crippen LogP contribution in [0.3, 0.4) is 0 Å². The molecular formula is C40H79NO5. The van der Waals surface area contributed by atoms with E-state index in [-0.39, 0.29) is 18.5 Å². The molecule has 6 heteroatoms. The zero-order chi connectivity index (χ0) is 34.1. The van der Waals surface area contributed by atoms with Crippen molar-refractivity contribution in [3.05, 3.63) is 0 Å². The summed E-state index contributed by atoms with van der Waals surface area (Å²) in [5.74, 6) is 0.795. The Morgan fingerprint density at radius 2 is 1.11 bits per heavy atom. The van der Waals surface area contributed by atoms with Crippen molar-refractivity contribution in [1.29, 1.82) is 0 Å². The van der Waals surface area contributed by atoms with Gasteiger partial charge in [0.2, 0.25) is 0 Å². The molecule has 0 aromatic rings. The molecule has 274 valence electrons. The van der Waals surface area contributed by atoms with Crippen LogP contribution in [-0.4, -0.2) is 61.4 Å². The van der Waals surface area contributed by atoms with Crippen LogP contribution in [0.1, 0.15) is 195 Å². The van der Waals surface area contributed by atoms with E-state index in [0.717, 1.165) is 103 Å². The smallest absolute Gasteiger partial charge is 0.311 e. The van der Waals surface area contributed by atoms with Gasteiger partial charge in [0.05, 0.1) is 25.2 Å². The van der Waals surface area contributed by atoms with Crippen LogP contribution in [0.25, 0.3) is 0 Å². The fourth-order valence-corrected chi connectivity index (χ4v) is 6.23. The number of rotatable bonds is 35. The summed E-state index contributed by atoms with van der Waals surface area (Å²) in [6.45, 7) is 15.0. The molecule has 0 rings (SSSR count). The Morgan fingerprint density at radius 1 is 0.609 bits per heavy atom. The lowest BCUT2D eigenvalue weighted by molar-refractivity contribution is -0.154. The van der Waals surface area contributed by atoms with Gasteiger partial charge in [-0.1, -0.05) is 136 Å². The molecule has 1 N–H and O–H groups in total. The molecular weight excluding hydrogens is 574 g/mol. The summed E-state index contributed by atoms with van der Waals surface area (Å²) < 4.78 is 11.0. The highest BCUT2D eigenvalue weighted by molar-refractivity contribution is 5.75. The molecule has 0 aliphatic carbocycles. The van der Waals surface area contributed by atoms with Crippen LogP contribution in [0.15, 0.2) is 0 Å². The molecule has 0 aliphatic heterocycles. The van der Waals surface area contributed by atoms with Gasteiger partial charge >= 0.3 is 11.9 Å². The number of nitrogens with zero attached hydrogens (tertiary/aromatic N) is 1. The standard InChI is InChI=1S/C40H79NO5/c1-6-9-10-11-12-19-26-35-45-38(43)29-22-14-13-17-24-31-41(33-34-42)32-25-18-16-23-30-40(4,5)39(44)46-36-27-20-15-21-28-37(7-2)8-3/h37,42H,6-36H2,1-5H3. The predicted molar refractivity (Wildman–Crippen MR) is 195 cm³/mol. The van der Waals surface area contributed by atoms with E-state index in [1.807, 2.05) is 13.8 Å². The molecule has 0 aromatic carbocycles. The summed E-state index contributed by atoms with van der Waals surface area (Å²) in [6.07, 6.45) is 28.5. The Morgan fingerprint density at radius 3 is 1.70 bits per heavy atom. The highest BCUT2D eigenvalue weighted by atomic mass is 16.5. The SMILES string of the molecule is CCCCCCCCCOC(=O)CCCCCCCN(CCO)CCCCCCC(C)(C)C(=O)OCCCCCCC(CC)CC. The van der Waals surface area contributed by atoms with Crippen LogP contribution in [-0.2, 0) is 19.1 Å². The molecule has 0 bridgehead atoms. The number of ether oxygens (including phenoxy) is 2.